The molecule has 5 heteroatoms. The number of benzene rings is 1. The summed E-state index contributed by atoms with van der Waals surface area (Å²) >= 11 is 6.97. The molecule has 1 unspecified atom stereocenters. The van der Waals surface area contributed by atoms with Gasteiger partial charge in [-0.25, -0.2) is 0 Å². The normalized spacial score (nSPS) is 16.1. The van der Waals surface area contributed by atoms with Crippen molar-refractivity contribution in [2.24, 2.45) is 0 Å². The van der Waals surface area contributed by atoms with Crippen LogP contribution >= 0.6 is 31.9 Å². The van der Waals surface area contributed by atoms with Crippen LogP contribution < -0.4 is 10.1 Å². The number of rotatable bonds is 5. The Hall–Kier alpha value is -0.570. The fourth-order valence-corrected chi connectivity index (χ4v) is 3.05. The Labute approximate surface area is 124 Å². The van der Waals surface area contributed by atoms with Gasteiger partial charge in [0.2, 0.25) is 0 Å². The van der Waals surface area contributed by atoms with Crippen molar-refractivity contribution >= 4 is 31.9 Å². The number of nitrogens with zero attached hydrogens (tertiary/aromatic N) is 1. The monoisotopic (exact) mass is 372 g/mol. The predicted octanol–water partition coefficient (Wildman–Crippen LogP) is 3.75. The molecule has 2 rings (SSSR count). The van der Waals surface area contributed by atoms with Crippen LogP contribution in [0.4, 0.5) is 0 Å². The van der Waals surface area contributed by atoms with E-state index in [0.717, 1.165) is 15.5 Å². The number of ether oxygens (including phenoxy) is 1. The summed E-state index contributed by atoms with van der Waals surface area (Å²) in [6.07, 6.45) is 2.10. The van der Waals surface area contributed by atoms with Gasteiger partial charge in [0.05, 0.1) is 8.95 Å². The molecular weight excluding hydrogens is 360 g/mol. The minimum Gasteiger partial charge on any atom is -0.474 e. The molecule has 0 spiro atoms. The van der Waals surface area contributed by atoms with Crippen LogP contribution in [0.2, 0.25) is 0 Å². The van der Waals surface area contributed by atoms with Gasteiger partial charge in [0, 0.05) is 12.6 Å². The SMILES string of the molecule is CC(C#N)Oc1c(Br)cc(CNC2CC2)cc1Br. The second-order valence-electron chi connectivity index (χ2n) is 4.43. The Morgan fingerprint density at radius 1 is 1.44 bits per heavy atom. The number of halogens is 2. The van der Waals surface area contributed by atoms with Crippen molar-refractivity contribution in [3.8, 4) is 11.8 Å². The van der Waals surface area contributed by atoms with E-state index in [-0.39, 0.29) is 0 Å². The largest absolute Gasteiger partial charge is 0.474 e. The smallest absolute Gasteiger partial charge is 0.181 e. The lowest BCUT2D eigenvalue weighted by molar-refractivity contribution is 0.273. The highest BCUT2D eigenvalue weighted by atomic mass is 79.9. The highest BCUT2D eigenvalue weighted by molar-refractivity contribution is 9.11. The molecule has 1 aliphatic carbocycles. The highest BCUT2D eigenvalue weighted by Gasteiger charge is 2.20. The van der Waals surface area contributed by atoms with Crippen molar-refractivity contribution < 1.29 is 4.74 Å². The van der Waals surface area contributed by atoms with E-state index >= 15 is 0 Å². The maximum atomic E-state index is 8.77. The summed E-state index contributed by atoms with van der Waals surface area (Å²) in [6, 6.07) is 6.80. The molecule has 0 radical (unpaired) electrons. The molecule has 96 valence electrons. The van der Waals surface area contributed by atoms with Crippen LogP contribution in [0.15, 0.2) is 21.1 Å². The van der Waals surface area contributed by atoms with Crippen LogP contribution in [0.25, 0.3) is 0 Å². The first-order valence-corrected chi connectivity index (χ1v) is 7.46. The third-order valence-corrected chi connectivity index (χ3v) is 3.88. The zero-order valence-electron chi connectivity index (χ0n) is 10.0. The maximum absolute atomic E-state index is 8.77. The molecule has 0 aliphatic heterocycles. The molecule has 18 heavy (non-hydrogen) atoms. The fraction of sp³-hybridized carbons (Fsp3) is 0.462. The zero-order chi connectivity index (χ0) is 13.1. The Morgan fingerprint density at radius 2 is 2.06 bits per heavy atom. The first kappa shape index (κ1) is 13.9. The molecule has 0 saturated heterocycles. The van der Waals surface area contributed by atoms with Gasteiger partial charge in [-0.2, -0.15) is 5.26 Å². The Morgan fingerprint density at radius 3 is 2.56 bits per heavy atom. The van der Waals surface area contributed by atoms with E-state index in [1.165, 1.54) is 18.4 Å². The molecule has 1 atom stereocenters. The summed E-state index contributed by atoms with van der Waals surface area (Å²) in [6.45, 7) is 2.58. The lowest BCUT2D eigenvalue weighted by Crippen LogP contribution is -2.15. The molecule has 0 bridgehead atoms. The van der Waals surface area contributed by atoms with Gasteiger partial charge >= 0.3 is 0 Å². The quantitative estimate of drug-likeness (QED) is 0.854. The first-order valence-electron chi connectivity index (χ1n) is 5.87. The average Bonchev–Trinajstić information content (AvgIpc) is 3.15. The molecule has 0 amide bonds. The lowest BCUT2D eigenvalue weighted by Gasteiger charge is -2.13. The van der Waals surface area contributed by atoms with Gasteiger partial charge < -0.3 is 10.1 Å². The van der Waals surface area contributed by atoms with E-state index in [9.17, 15) is 0 Å². The van der Waals surface area contributed by atoms with Crippen LogP contribution in [0.5, 0.6) is 5.75 Å². The van der Waals surface area contributed by atoms with Crippen molar-refractivity contribution in [3.05, 3.63) is 26.6 Å². The topological polar surface area (TPSA) is 45.0 Å². The lowest BCUT2D eigenvalue weighted by atomic mass is 10.2. The molecule has 1 fully saturated rings. The Balaban J connectivity index is 2.09. The molecule has 1 aliphatic rings. The van der Waals surface area contributed by atoms with E-state index < -0.39 is 6.10 Å². The first-order chi connectivity index (χ1) is 8.60. The molecule has 3 nitrogen and oxygen atoms in total. The van der Waals surface area contributed by atoms with E-state index in [1.807, 2.05) is 12.1 Å². The van der Waals surface area contributed by atoms with Crippen molar-refractivity contribution in [1.29, 1.82) is 5.26 Å². The third-order valence-electron chi connectivity index (χ3n) is 2.71. The maximum Gasteiger partial charge on any atom is 0.181 e. The predicted molar refractivity (Wildman–Crippen MR) is 77.4 cm³/mol. The summed E-state index contributed by atoms with van der Waals surface area (Å²) in [5.41, 5.74) is 1.19. The Kier molecular flexibility index (Phi) is 4.66. The molecule has 1 aromatic rings. The van der Waals surface area contributed by atoms with Gasteiger partial charge in [-0.05, 0) is 69.3 Å². The number of nitriles is 1. The summed E-state index contributed by atoms with van der Waals surface area (Å²) < 4.78 is 7.28. The average molecular weight is 374 g/mol. The Bertz CT molecular complexity index is 457. The van der Waals surface area contributed by atoms with Gasteiger partial charge in [-0.15, -0.1) is 0 Å². The van der Waals surface area contributed by atoms with Crippen LogP contribution in [-0.2, 0) is 6.54 Å². The number of hydrogen-bond acceptors (Lipinski definition) is 3. The van der Waals surface area contributed by atoms with Crippen molar-refractivity contribution in [2.45, 2.75) is 38.5 Å². The van der Waals surface area contributed by atoms with Crippen molar-refractivity contribution in [3.63, 3.8) is 0 Å². The second-order valence-corrected chi connectivity index (χ2v) is 6.14. The van der Waals surface area contributed by atoms with Gasteiger partial charge in [0.25, 0.3) is 0 Å². The molecule has 0 heterocycles. The summed E-state index contributed by atoms with van der Waals surface area (Å²) in [5.74, 6) is 0.680. The highest BCUT2D eigenvalue weighted by Crippen LogP contribution is 2.35. The van der Waals surface area contributed by atoms with E-state index in [4.69, 9.17) is 10.00 Å². The van der Waals surface area contributed by atoms with Crippen molar-refractivity contribution in [2.75, 3.05) is 0 Å². The van der Waals surface area contributed by atoms with Crippen molar-refractivity contribution in [1.82, 2.24) is 5.32 Å². The fourth-order valence-electron chi connectivity index (χ4n) is 1.58. The molecule has 0 aromatic heterocycles. The van der Waals surface area contributed by atoms with Gasteiger partial charge in [-0.3, -0.25) is 0 Å². The van der Waals surface area contributed by atoms with Gasteiger partial charge in [0.15, 0.2) is 6.10 Å². The molecule has 1 aromatic carbocycles. The summed E-state index contributed by atoms with van der Waals surface area (Å²) in [4.78, 5) is 0. The van der Waals surface area contributed by atoms with Crippen LogP contribution in [0.3, 0.4) is 0 Å². The number of hydrogen-bond donors (Lipinski definition) is 1. The molecular formula is C13H14Br2N2O. The molecule has 1 N–H and O–H groups in total. The third kappa shape index (κ3) is 3.71. The second kappa shape index (κ2) is 6.05. The summed E-state index contributed by atoms with van der Waals surface area (Å²) in [7, 11) is 0. The summed E-state index contributed by atoms with van der Waals surface area (Å²) in [5, 5.41) is 12.2. The molecule has 1 saturated carbocycles. The zero-order valence-corrected chi connectivity index (χ0v) is 13.2. The van der Waals surface area contributed by atoms with Crippen LogP contribution in [-0.4, -0.2) is 12.1 Å². The number of nitrogens with one attached hydrogen (secondary N) is 1. The van der Waals surface area contributed by atoms with Crippen LogP contribution in [0, 0.1) is 11.3 Å². The van der Waals surface area contributed by atoms with E-state index in [2.05, 4.69) is 43.2 Å². The van der Waals surface area contributed by atoms with Gasteiger partial charge in [0.1, 0.15) is 11.8 Å². The standard InChI is InChI=1S/C13H14Br2N2O/c1-8(6-16)18-13-11(14)4-9(5-12(13)15)7-17-10-2-3-10/h4-5,8,10,17H,2-3,7H2,1H3. The van der Waals surface area contributed by atoms with E-state index in [0.29, 0.717) is 11.8 Å². The minimum absolute atomic E-state index is 0.465. The van der Waals surface area contributed by atoms with Gasteiger partial charge in [-0.1, -0.05) is 0 Å². The van der Waals surface area contributed by atoms with E-state index in [1.54, 1.807) is 6.92 Å². The minimum atomic E-state index is -0.465. The van der Waals surface area contributed by atoms with Crippen LogP contribution in [0.1, 0.15) is 25.3 Å².